The number of aliphatic hydroxyl groups is 1. The van der Waals surface area contributed by atoms with E-state index in [9.17, 15) is 9.90 Å². The van der Waals surface area contributed by atoms with Gasteiger partial charge in [-0.1, -0.05) is 6.58 Å². The first-order valence-corrected chi connectivity index (χ1v) is 7.98. The average molecular weight is 319 g/mol. The summed E-state index contributed by atoms with van der Waals surface area (Å²) < 4.78 is 10.6. The minimum Gasteiger partial charge on any atom is -0.463 e. The number of nitrogens with zero attached hydrogens (tertiary/aromatic N) is 1. The zero-order valence-electron chi connectivity index (χ0n) is 14.0. The first-order valence-electron chi connectivity index (χ1n) is 7.98. The number of ether oxygens (including phenoxy) is 2. The van der Waals surface area contributed by atoms with Crippen LogP contribution in [0.4, 0.5) is 0 Å². The predicted octanol–water partition coefficient (Wildman–Crippen LogP) is 2.91. The largest absolute Gasteiger partial charge is 0.463 e. The molecule has 2 atom stereocenters. The van der Waals surface area contributed by atoms with Crippen LogP contribution in [0.15, 0.2) is 30.5 Å². The molecule has 1 aromatic rings. The van der Waals surface area contributed by atoms with Gasteiger partial charge in [-0.2, -0.15) is 0 Å². The smallest absolute Gasteiger partial charge is 0.336 e. The molecule has 1 aliphatic heterocycles. The number of rotatable bonds is 5. The Morgan fingerprint density at radius 1 is 1.61 bits per heavy atom. The molecule has 0 amide bonds. The number of hydrogen-bond acceptors (Lipinski definition) is 5. The van der Waals surface area contributed by atoms with Crippen molar-refractivity contribution in [3.8, 4) is 0 Å². The minimum atomic E-state index is -1.15. The number of carbonyl (C=O) groups is 1. The number of carbonyl (C=O) groups excluding carboxylic acids is 1. The van der Waals surface area contributed by atoms with Gasteiger partial charge in [0.2, 0.25) is 0 Å². The molecular formula is C18H25NO4. The second-order valence-corrected chi connectivity index (χ2v) is 6.46. The average Bonchev–Trinajstić information content (AvgIpc) is 2.53. The van der Waals surface area contributed by atoms with Crippen LogP contribution >= 0.6 is 0 Å². The summed E-state index contributed by atoms with van der Waals surface area (Å²) in [6.45, 7) is 10.5. The van der Waals surface area contributed by atoms with Crippen molar-refractivity contribution in [3.05, 3.63) is 41.7 Å². The Morgan fingerprint density at radius 2 is 2.35 bits per heavy atom. The molecule has 0 aliphatic carbocycles. The zero-order valence-corrected chi connectivity index (χ0v) is 14.0. The van der Waals surface area contributed by atoms with Crippen LogP contribution < -0.4 is 0 Å². The molecule has 1 aromatic heterocycles. The summed E-state index contributed by atoms with van der Waals surface area (Å²) in [6.07, 6.45) is 2.35. The Bertz CT molecular complexity index is 582. The lowest BCUT2D eigenvalue weighted by atomic mass is 9.83. The molecule has 1 unspecified atom stereocenters. The summed E-state index contributed by atoms with van der Waals surface area (Å²) >= 11 is 0. The van der Waals surface area contributed by atoms with Gasteiger partial charge in [0, 0.05) is 12.8 Å². The molecule has 0 bridgehead atoms. The van der Waals surface area contributed by atoms with E-state index in [1.807, 2.05) is 12.1 Å². The topological polar surface area (TPSA) is 68.7 Å². The fourth-order valence-electron chi connectivity index (χ4n) is 2.90. The Balaban J connectivity index is 2.16. The number of esters is 1. The first kappa shape index (κ1) is 17.6. The van der Waals surface area contributed by atoms with Crippen molar-refractivity contribution in [3.63, 3.8) is 0 Å². The highest BCUT2D eigenvalue weighted by atomic mass is 16.5. The maximum Gasteiger partial charge on any atom is 0.336 e. The van der Waals surface area contributed by atoms with Crippen molar-refractivity contribution in [2.24, 2.45) is 0 Å². The first-order chi connectivity index (χ1) is 10.8. The van der Waals surface area contributed by atoms with Crippen LogP contribution in [0.25, 0.3) is 0 Å². The summed E-state index contributed by atoms with van der Waals surface area (Å²) in [4.78, 5) is 15.9. The van der Waals surface area contributed by atoms with Crippen LogP contribution in [0.5, 0.6) is 0 Å². The van der Waals surface area contributed by atoms with Gasteiger partial charge in [0.1, 0.15) is 6.10 Å². The van der Waals surface area contributed by atoms with Gasteiger partial charge in [-0.15, -0.1) is 0 Å². The van der Waals surface area contributed by atoms with E-state index in [0.717, 1.165) is 18.4 Å². The number of pyridine rings is 1. The molecule has 0 spiro atoms. The highest BCUT2D eigenvalue weighted by Crippen LogP contribution is 2.36. The molecule has 0 radical (unpaired) electrons. The van der Waals surface area contributed by atoms with Crippen molar-refractivity contribution in [1.82, 2.24) is 4.98 Å². The van der Waals surface area contributed by atoms with E-state index in [0.29, 0.717) is 18.2 Å². The van der Waals surface area contributed by atoms with Crippen LogP contribution in [0.2, 0.25) is 0 Å². The van der Waals surface area contributed by atoms with Crippen LogP contribution in [0, 0.1) is 0 Å². The van der Waals surface area contributed by atoms with Gasteiger partial charge in [-0.25, -0.2) is 4.79 Å². The van der Waals surface area contributed by atoms with Crippen LogP contribution in [0.3, 0.4) is 0 Å². The monoisotopic (exact) mass is 319 g/mol. The van der Waals surface area contributed by atoms with Crippen LogP contribution in [-0.2, 0) is 14.3 Å². The summed E-state index contributed by atoms with van der Waals surface area (Å²) in [5, 5.41) is 10.3. The normalized spacial score (nSPS) is 21.5. The molecule has 2 heterocycles. The molecule has 5 heteroatoms. The van der Waals surface area contributed by atoms with Gasteiger partial charge in [-0.3, -0.25) is 4.98 Å². The predicted molar refractivity (Wildman–Crippen MR) is 87.0 cm³/mol. The van der Waals surface area contributed by atoms with E-state index in [1.165, 1.54) is 0 Å². The fraction of sp³-hybridized carbons (Fsp3) is 0.556. The fourth-order valence-corrected chi connectivity index (χ4v) is 2.90. The molecule has 1 fully saturated rings. The SMILES string of the molecule is C=C(C(=O)OCC)C(O)c1cc([C@H]2CCOC(C)(C)C2)ccn1. The van der Waals surface area contributed by atoms with E-state index in [1.54, 1.807) is 13.1 Å². The van der Waals surface area contributed by atoms with Crippen molar-refractivity contribution >= 4 is 5.97 Å². The molecule has 23 heavy (non-hydrogen) atoms. The highest BCUT2D eigenvalue weighted by Gasteiger charge is 2.30. The lowest BCUT2D eigenvalue weighted by Crippen LogP contribution is -2.33. The van der Waals surface area contributed by atoms with Crippen molar-refractivity contribution in [2.45, 2.75) is 51.2 Å². The molecule has 126 valence electrons. The molecule has 0 saturated carbocycles. The van der Waals surface area contributed by atoms with E-state index in [4.69, 9.17) is 9.47 Å². The van der Waals surface area contributed by atoms with Gasteiger partial charge >= 0.3 is 5.97 Å². The van der Waals surface area contributed by atoms with E-state index >= 15 is 0 Å². The number of aliphatic hydroxyl groups excluding tert-OH is 1. The molecule has 5 nitrogen and oxygen atoms in total. The third-order valence-electron chi connectivity index (χ3n) is 4.12. The molecule has 0 aromatic carbocycles. The zero-order chi connectivity index (χ0) is 17.0. The Kier molecular flexibility index (Phi) is 5.55. The number of hydrogen-bond donors (Lipinski definition) is 1. The molecule has 1 N–H and O–H groups in total. The Labute approximate surface area is 137 Å². The number of aromatic nitrogens is 1. The van der Waals surface area contributed by atoms with Crippen molar-refractivity contribution < 1.29 is 19.4 Å². The molecule has 1 aliphatic rings. The Hall–Kier alpha value is -1.72. The van der Waals surface area contributed by atoms with Crippen molar-refractivity contribution in [1.29, 1.82) is 0 Å². The minimum absolute atomic E-state index is 0.00353. The van der Waals surface area contributed by atoms with Crippen LogP contribution in [-0.4, -0.2) is 34.9 Å². The maximum absolute atomic E-state index is 11.7. The van der Waals surface area contributed by atoms with E-state index in [2.05, 4.69) is 25.4 Å². The van der Waals surface area contributed by atoms with Gasteiger partial charge in [0.15, 0.2) is 0 Å². The Morgan fingerprint density at radius 3 is 3.00 bits per heavy atom. The highest BCUT2D eigenvalue weighted by molar-refractivity contribution is 5.88. The lowest BCUT2D eigenvalue weighted by molar-refractivity contribution is -0.139. The summed E-state index contributed by atoms with van der Waals surface area (Å²) in [5.74, 6) is -0.247. The van der Waals surface area contributed by atoms with Crippen LogP contribution in [0.1, 0.15) is 56.9 Å². The van der Waals surface area contributed by atoms with Gasteiger partial charge in [0.25, 0.3) is 0 Å². The standard InChI is InChI=1S/C18H25NO4/c1-5-22-17(21)12(2)16(20)15-10-13(6-8-19-15)14-7-9-23-18(3,4)11-14/h6,8,10,14,16,20H,2,5,7,9,11H2,1,3-4H3/t14-,16?/m0/s1. The lowest BCUT2D eigenvalue weighted by Gasteiger charge is -2.35. The second-order valence-electron chi connectivity index (χ2n) is 6.46. The third-order valence-corrected chi connectivity index (χ3v) is 4.12. The second kappa shape index (κ2) is 7.23. The molecule has 2 rings (SSSR count). The van der Waals surface area contributed by atoms with E-state index < -0.39 is 12.1 Å². The maximum atomic E-state index is 11.7. The van der Waals surface area contributed by atoms with Crippen molar-refractivity contribution in [2.75, 3.05) is 13.2 Å². The quantitative estimate of drug-likeness (QED) is 0.667. The molecular weight excluding hydrogens is 294 g/mol. The summed E-state index contributed by atoms with van der Waals surface area (Å²) in [5.41, 5.74) is 1.37. The van der Waals surface area contributed by atoms with Gasteiger partial charge in [0.05, 0.1) is 23.5 Å². The van der Waals surface area contributed by atoms with Gasteiger partial charge in [-0.05, 0) is 57.2 Å². The van der Waals surface area contributed by atoms with E-state index in [-0.39, 0.29) is 17.8 Å². The third kappa shape index (κ3) is 4.39. The molecule has 1 saturated heterocycles. The summed E-state index contributed by atoms with van der Waals surface area (Å²) in [6, 6.07) is 3.80. The summed E-state index contributed by atoms with van der Waals surface area (Å²) in [7, 11) is 0. The van der Waals surface area contributed by atoms with Gasteiger partial charge < -0.3 is 14.6 Å².